The summed E-state index contributed by atoms with van der Waals surface area (Å²) in [5.41, 5.74) is 9.82. The highest BCUT2D eigenvalue weighted by Gasteiger charge is 2.05. The summed E-state index contributed by atoms with van der Waals surface area (Å²) >= 11 is 6.09. The molecule has 2 aromatic rings. The summed E-state index contributed by atoms with van der Waals surface area (Å²) in [6.45, 7) is 4.52. The summed E-state index contributed by atoms with van der Waals surface area (Å²) in [7, 11) is 0. The van der Waals surface area contributed by atoms with E-state index in [4.69, 9.17) is 22.1 Å². The van der Waals surface area contributed by atoms with E-state index in [0.717, 1.165) is 11.3 Å². The van der Waals surface area contributed by atoms with Gasteiger partial charge in [-0.05, 0) is 49.2 Å². The van der Waals surface area contributed by atoms with Crippen LogP contribution < -0.4 is 10.5 Å². The van der Waals surface area contributed by atoms with Crippen LogP contribution in [0.5, 0.6) is 5.75 Å². The maximum atomic E-state index is 6.09. The predicted octanol–water partition coefficient (Wildman–Crippen LogP) is 4.12. The number of ether oxygens (including phenoxy) is 1. The molecule has 0 aromatic heterocycles. The van der Waals surface area contributed by atoms with Gasteiger partial charge in [0.1, 0.15) is 12.4 Å². The van der Waals surface area contributed by atoms with Gasteiger partial charge in [-0.15, -0.1) is 0 Å². The fraction of sp³-hybridized carbons (Fsp3) is 0.200. The van der Waals surface area contributed by atoms with Crippen molar-refractivity contribution in [2.45, 2.75) is 20.5 Å². The van der Waals surface area contributed by atoms with E-state index in [1.54, 1.807) is 0 Å². The van der Waals surface area contributed by atoms with Crippen LogP contribution in [0.2, 0.25) is 5.02 Å². The van der Waals surface area contributed by atoms with Crippen LogP contribution in [-0.4, -0.2) is 0 Å². The van der Waals surface area contributed by atoms with Crippen molar-refractivity contribution >= 4 is 17.3 Å². The SMILES string of the molecule is Cc1ccc(OCc2c(N)cccc2Cl)cc1C. The van der Waals surface area contributed by atoms with Gasteiger partial charge >= 0.3 is 0 Å². The summed E-state index contributed by atoms with van der Waals surface area (Å²) in [6.07, 6.45) is 0. The number of hydrogen-bond donors (Lipinski definition) is 1. The van der Waals surface area contributed by atoms with E-state index < -0.39 is 0 Å². The molecule has 0 aliphatic heterocycles. The van der Waals surface area contributed by atoms with Crippen LogP contribution in [-0.2, 0) is 6.61 Å². The molecule has 0 spiro atoms. The Kier molecular flexibility index (Phi) is 3.78. The Balaban J connectivity index is 2.14. The lowest BCUT2D eigenvalue weighted by molar-refractivity contribution is 0.307. The number of nitrogens with two attached hydrogens (primary N) is 1. The molecular weight excluding hydrogens is 246 g/mol. The fourth-order valence-corrected chi connectivity index (χ4v) is 1.92. The number of aryl methyl sites for hydroxylation is 2. The molecule has 2 rings (SSSR count). The number of rotatable bonds is 3. The van der Waals surface area contributed by atoms with Gasteiger partial charge in [0.25, 0.3) is 0 Å². The van der Waals surface area contributed by atoms with Gasteiger partial charge in [0, 0.05) is 16.3 Å². The summed E-state index contributed by atoms with van der Waals surface area (Å²) in [4.78, 5) is 0. The number of benzene rings is 2. The zero-order valence-corrected chi connectivity index (χ0v) is 11.3. The zero-order chi connectivity index (χ0) is 13.1. The molecule has 3 heteroatoms. The van der Waals surface area contributed by atoms with E-state index in [1.807, 2.05) is 36.4 Å². The number of hydrogen-bond acceptors (Lipinski definition) is 2. The molecule has 0 saturated heterocycles. The third kappa shape index (κ3) is 2.77. The highest BCUT2D eigenvalue weighted by molar-refractivity contribution is 6.31. The van der Waals surface area contributed by atoms with E-state index in [9.17, 15) is 0 Å². The fourth-order valence-electron chi connectivity index (χ4n) is 1.69. The Morgan fingerprint density at radius 2 is 1.89 bits per heavy atom. The maximum Gasteiger partial charge on any atom is 0.120 e. The van der Waals surface area contributed by atoms with Gasteiger partial charge in [0.2, 0.25) is 0 Å². The molecule has 18 heavy (non-hydrogen) atoms. The van der Waals surface area contributed by atoms with Crippen LogP contribution in [0, 0.1) is 13.8 Å². The maximum absolute atomic E-state index is 6.09. The summed E-state index contributed by atoms with van der Waals surface area (Å²) in [6, 6.07) is 11.5. The lowest BCUT2D eigenvalue weighted by atomic mass is 10.1. The van der Waals surface area contributed by atoms with Crippen molar-refractivity contribution in [2.75, 3.05) is 5.73 Å². The van der Waals surface area contributed by atoms with Gasteiger partial charge in [0.15, 0.2) is 0 Å². The lowest BCUT2D eigenvalue weighted by Gasteiger charge is -2.11. The van der Waals surface area contributed by atoms with E-state index in [0.29, 0.717) is 17.3 Å². The first-order valence-electron chi connectivity index (χ1n) is 5.81. The normalized spacial score (nSPS) is 10.4. The highest BCUT2D eigenvalue weighted by Crippen LogP contribution is 2.24. The van der Waals surface area contributed by atoms with Gasteiger partial charge in [-0.3, -0.25) is 0 Å². The number of halogens is 1. The summed E-state index contributed by atoms with van der Waals surface area (Å²) in [5.74, 6) is 0.831. The minimum atomic E-state index is 0.383. The minimum Gasteiger partial charge on any atom is -0.489 e. The van der Waals surface area contributed by atoms with Crippen LogP contribution in [0.4, 0.5) is 5.69 Å². The zero-order valence-electron chi connectivity index (χ0n) is 10.5. The Morgan fingerprint density at radius 3 is 2.56 bits per heavy atom. The predicted molar refractivity (Wildman–Crippen MR) is 76.1 cm³/mol. The molecule has 0 atom stereocenters. The Bertz CT molecular complexity index is 546. The molecule has 0 unspecified atom stereocenters. The first-order chi connectivity index (χ1) is 8.58. The quantitative estimate of drug-likeness (QED) is 0.844. The molecule has 2 N–H and O–H groups in total. The number of nitrogen functional groups attached to an aromatic ring is 1. The van der Waals surface area contributed by atoms with E-state index >= 15 is 0 Å². The first-order valence-corrected chi connectivity index (χ1v) is 6.18. The molecule has 0 radical (unpaired) electrons. The Hall–Kier alpha value is -1.67. The molecule has 0 saturated carbocycles. The van der Waals surface area contributed by atoms with Crippen molar-refractivity contribution < 1.29 is 4.74 Å². The van der Waals surface area contributed by atoms with Gasteiger partial charge < -0.3 is 10.5 Å². The second kappa shape index (κ2) is 5.32. The largest absolute Gasteiger partial charge is 0.489 e. The van der Waals surface area contributed by atoms with Crippen molar-refractivity contribution in [3.05, 3.63) is 58.1 Å². The Morgan fingerprint density at radius 1 is 1.11 bits per heavy atom. The van der Waals surface area contributed by atoms with Gasteiger partial charge in [0.05, 0.1) is 0 Å². The van der Waals surface area contributed by atoms with Crippen LogP contribution in [0.3, 0.4) is 0 Å². The minimum absolute atomic E-state index is 0.383. The van der Waals surface area contributed by atoms with Gasteiger partial charge in [-0.1, -0.05) is 23.7 Å². The molecule has 2 nitrogen and oxygen atoms in total. The molecule has 0 heterocycles. The molecule has 0 amide bonds. The molecule has 0 bridgehead atoms. The van der Waals surface area contributed by atoms with Crippen LogP contribution in [0.25, 0.3) is 0 Å². The average Bonchev–Trinajstić information content (AvgIpc) is 2.33. The second-order valence-electron chi connectivity index (χ2n) is 4.34. The molecule has 94 valence electrons. The van der Waals surface area contributed by atoms with Gasteiger partial charge in [-0.2, -0.15) is 0 Å². The third-order valence-electron chi connectivity index (χ3n) is 3.02. The average molecular weight is 262 g/mol. The molecule has 2 aromatic carbocycles. The van der Waals surface area contributed by atoms with E-state index in [2.05, 4.69) is 13.8 Å². The Labute approximate surface area is 112 Å². The molecular formula is C15H16ClNO. The number of anilines is 1. The topological polar surface area (TPSA) is 35.2 Å². The van der Waals surface area contributed by atoms with Crippen LogP contribution in [0.15, 0.2) is 36.4 Å². The smallest absolute Gasteiger partial charge is 0.120 e. The van der Waals surface area contributed by atoms with Crippen LogP contribution >= 0.6 is 11.6 Å². The summed E-state index contributed by atoms with van der Waals surface area (Å²) in [5, 5.41) is 0.638. The van der Waals surface area contributed by atoms with Crippen molar-refractivity contribution in [3.63, 3.8) is 0 Å². The van der Waals surface area contributed by atoms with Crippen LogP contribution in [0.1, 0.15) is 16.7 Å². The molecule has 0 fully saturated rings. The van der Waals surface area contributed by atoms with Crippen molar-refractivity contribution in [1.82, 2.24) is 0 Å². The van der Waals surface area contributed by atoms with Crippen molar-refractivity contribution in [1.29, 1.82) is 0 Å². The molecule has 0 aliphatic carbocycles. The van der Waals surface area contributed by atoms with Crippen molar-refractivity contribution in [3.8, 4) is 5.75 Å². The highest BCUT2D eigenvalue weighted by atomic mass is 35.5. The first kappa shape index (κ1) is 12.8. The molecule has 0 aliphatic rings. The standard InChI is InChI=1S/C15H16ClNO/c1-10-6-7-12(8-11(10)2)18-9-13-14(16)4-3-5-15(13)17/h3-8H,9,17H2,1-2H3. The second-order valence-corrected chi connectivity index (χ2v) is 4.75. The lowest BCUT2D eigenvalue weighted by Crippen LogP contribution is -2.01. The van der Waals surface area contributed by atoms with Gasteiger partial charge in [-0.25, -0.2) is 0 Å². The monoisotopic (exact) mass is 261 g/mol. The van der Waals surface area contributed by atoms with E-state index in [1.165, 1.54) is 11.1 Å². The third-order valence-corrected chi connectivity index (χ3v) is 3.37. The van der Waals surface area contributed by atoms with Crippen molar-refractivity contribution in [2.24, 2.45) is 0 Å². The summed E-state index contributed by atoms with van der Waals surface area (Å²) < 4.78 is 5.73. The van der Waals surface area contributed by atoms with E-state index in [-0.39, 0.29) is 0 Å².